The molecule has 196 valence electrons. The van der Waals surface area contributed by atoms with Crippen LogP contribution >= 0.6 is 34.7 Å². The Labute approximate surface area is 229 Å². The maximum Gasteiger partial charge on any atom is 0.341 e. The number of rotatable bonds is 10. The van der Waals surface area contributed by atoms with Crippen LogP contribution in [0, 0.1) is 0 Å². The van der Waals surface area contributed by atoms with E-state index < -0.39 is 5.97 Å². The SMILES string of the molecule is C=CCn1c(COc2ccccc2Cl)nnc1SCC(=O)Nc1sc2c(c1C(=O)OC)CCCCCC2. The zero-order chi connectivity index (χ0) is 26.2. The normalized spacial score (nSPS) is 13.2. The average molecular weight is 561 g/mol. The van der Waals surface area contributed by atoms with Crippen LogP contribution < -0.4 is 10.1 Å². The van der Waals surface area contributed by atoms with Gasteiger partial charge in [-0.25, -0.2) is 4.79 Å². The Morgan fingerprint density at radius 3 is 2.76 bits per heavy atom. The fraction of sp³-hybridized carbons (Fsp3) is 0.385. The average Bonchev–Trinajstić information content (AvgIpc) is 3.42. The molecular weight excluding hydrogens is 532 g/mol. The molecule has 1 aromatic carbocycles. The number of fused-ring (bicyclic) bond motifs is 1. The molecule has 0 fully saturated rings. The molecule has 3 aromatic rings. The number of carbonyl (C=O) groups is 2. The summed E-state index contributed by atoms with van der Waals surface area (Å²) in [4.78, 5) is 26.7. The van der Waals surface area contributed by atoms with E-state index in [1.807, 2.05) is 16.7 Å². The molecule has 0 atom stereocenters. The maximum atomic E-state index is 12.9. The lowest BCUT2D eigenvalue weighted by Gasteiger charge is -2.11. The van der Waals surface area contributed by atoms with E-state index >= 15 is 0 Å². The van der Waals surface area contributed by atoms with Crippen molar-refractivity contribution in [3.63, 3.8) is 0 Å². The molecule has 0 unspecified atom stereocenters. The molecule has 2 aromatic heterocycles. The summed E-state index contributed by atoms with van der Waals surface area (Å²) >= 11 is 8.92. The van der Waals surface area contributed by atoms with Crippen molar-refractivity contribution in [2.24, 2.45) is 0 Å². The number of anilines is 1. The summed E-state index contributed by atoms with van der Waals surface area (Å²) in [7, 11) is 1.37. The number of hydrogen-bond donors (Lipinski definition) is 1. The van der Waals surface area contributed by atoms with Crippen molar-refractivity contribution in [1.82, 2.24) is 14.8 Å². The third kappa shape index (κ3) is 6.74. The first-order valence-electron chi connectivity index (χ1n) is 12.1. The van der Waals surface area contributed by atoms with Gasteiger partial charge in [-0.15, -0.1) is 28.1 Å². The number of aromatic nitrogens is 3. The van der Waals surface area contributed by atoms with Crippen LogP contribution in [-0.2, 0) is 35.5 Å². The summed E-state index contributed by atoms with van der Waals surface area (Å²) in [6, 6.07) is 7.21. The van der Waals surface area contributed by atoms with Crippen LogP contribution in [0.2, 0.25) is 5.02 Å². The Hall–Kier alpha value is -2.82. The van der Waals surface area contributed by atoms with Crippen LogP contribution in [0.3, 0.4) is 0 Å². The van der Waals surface area contributed by atoms with Gasteiger partial charge in [0.2, 0.25) is 5.91 Å². The first-order valence-corrected chi connectivity index (χ1v) is 14.3. The Morgan fingerprint density at radius 1 is 1.22 bits per heavy atom. The predicted molar refractivity (Wildman–Crippen MR) is 147 cm³/mol. The molecule has 0 bridgehead atoms. The number of methoxy groups -OCH3 is 1. The van der Waals surface area contributed by atoms with Gasteiger partial charge in [-0.3, -0.25) is 9.36 Å². The van der Waals surface area contributed by atoms with Gasteiger partial charge in [0.15, 0.2) is 11.0 Å². The van der Waals surface area contributed by atoms with E-state index in [0.717, 1.165) is 42.5 Å². The van der Waals surface area contributed by atoms with Gasteiger partial charge < -0.3 is 14.8 Å². The quantitative estimate of drug-likeness (QED) is 0.186. The van der Waals surface area contributed by atoms with E-state index in [0.29, 0.717) is 38.9 Å². The van der Waals surface area contributed by atoms with Crippen LogP contribution in [0.5, 0.6) is 5.75 Å². The van der Waals surface area contributed by atoms with Gasteiger partial charge in [-0.2, -0.15) is 0 Å². The summed E-state index contributed by atoms with van der Waals surface area (Å²) < 4.78 is 12.7. The van der Waals surface area contributed by atoms with Crippen LogP contribution in [0.25, 0.3) is 0 Å². The van der Waals surface area contributed by atoms with Crippen molar-refractivity contribution < 1.29 is 19.1 Å². The zero-order valence-electron chi connectivity index (χ0n) is 20.6. The molecule has 1 amide bonds. The number of amides is 1. The van der Waals surface area contributed by atoms with Crippen molar-refractivity contribution in [2.75, 3.05) is 18.2 Å². The standard InChI is InChI=1S/C26H29ClN4O4S2/c1-3-14-31-21(15-35-19-12-9-8-11-18(19)27)29-30-26(31)36-16-22(32)28-24-23(25(33)34-2)17-10-6-4-5-7-13-20(17)37-24/h3,8-9,11-12H,1,4-7,10,13-16H2,2H3,(H,28,32). The highest BCUT2D eigenvalue weighted by molar-refractivity contribution is 7.99. The van der Waals surface area contributed by atoms with E-state index in [4.69, 9.17) is 21.1 Å². The van der Waals surface area contributed by atoms with Gasteiger partial charge >= 0.3 is 5.97 Å². The molecule has 0 radical (unpaired) electrons. The second-order valence-corrected chi connectivity index (χ2v) is 10.9. The molecule has 8 nitrogen and oxygen atoms in total. The molecule has 0 spiro atoms. The summed E-state index contributed by atoms with van der Waals surface area (Å²) in [5.41, 5.74) is 1.52. The highest BCUT2D eigenvalue weighted by Gasteiger charge is 2.26. The summed E-state index contributed by atoms with van der Waals surface area (Å²) in [6.07, 6.45) is 7.90. The topological polar surface area (TPSA) is 95.3 Å². The van der Waals surface area contributed by atoms with Crippen molar-refractivity contribution in [3.8, 4) is 5.75 Å². The minimum Gasteiger partial charge on any atom is -0.484 e. The fourth-order valence-corrected chi connectivity index (χ4v) is 6.42. The lowest BCUT2D eigenvalue weighted by molar-refractivity contribution is -0.113. The Morgan fingerprint density at radius 2 is 2.00 bits per heavy atom. The largest absolute Gasteiger partial charge is 0.484 e. The predicted octanol–water partition coefficient (Wildman–Crippen LogP) is 5.93. The molecule has 1 aliphatic rings. The van der Waals surface area contributed by atoms with Crippen LogP contribution in [0.1, 0.15) is 52.3 Å². The minimum atomic E-state index is -0.407. The number of carbonyl (C=O) groups excluding carboxylic acids is 2. The monoisotopic (exact) mass is 560 g/mol. The first kappa shape index (κ1) is 27.2. The summed E-state index contributed by atoms with van der Waals surface area (Å²) in [6.45, 7) is 4.44. The lowest BCUT2D eigenvalue weighted by atomic mass is 9.96. The number of halogens is 1. The van der Waals surface area contributed by atoms with Crippen molar-refractivity contribution >= 4 is 51.6 Å². The van der Waals surface area contributed by atoms with E-state index in [1.165, 1.54) is 36.6 Å². The molecule has 11 heteroatoms. The Bertz CT molecular complexity index is 1270. The zero-order valence-corrected chi connectivity index (χ0v) is 23.0. The van der Waals surface area contributed by atoms with E-state index in [9.17, 15) is 9.59 Å². The number of nitrogens with one attached hydrogen (secondary N) is 1. The molecule has 2 heterocycles. The number of nitrogens with zero attached hydrogens (tertiary/aromatic N) is 3. The second kappa shape index (κ2) is 13.1. The number of aryl methyl sites for hydroxylation is 1. The Balaban J connectivity index is 1.44. The van der Waals surface area contributed by atoms with Gasteiger partial charge in [0.1, 0.15) is 17.4 Å². The fourth-order valence-electron chi connectivity index (χ4n) is 4.17. The van der Waals surface area contributed by atoms with Crippen LogP contribution in [-0.4, -0.2) is 39.5 Å². The number of benzene rings is 1. The number of thioether (sulfide) groups is 1. The van der Waals surface area contributed by atoms with Crippen molar-refractivity contribution in [1.29, 1.82) is 0 Å². The molecule has 1 N–H and O–H groups in total. The first-order chi connectivity index (χ1) is 18.0. The van der Waals surface area contributed by atoms with Crippen LogP contribution in [0.4, 0.5) is 5.00 Å². The van der Waals surface area contributed by atoms with E-state index in [2.05, 4.69) is 22.1 Å². The van der Waals surface area contributed by atoms with Gasteiger partial charge in [0.25, 0.3) is 0 Å². The number of para-hydroxylation sites is 1. The molecular formula is C26H29ClN4O4S2. The number of esters is 1. The van der Waals surface area contributed by atoms with Crippen molar-refractivity contribution in [3.05, 3.63) is 63.8 Å². The number of thiophene rings is 1. The number of hydrogen-bond acceptors (Lipinski definition) is 8. The second-order valence-electron chi connectivity index (χ2n) is 8.47. The number of ether oxygens (including phenoxy) is 2. The van der Waals surface area contributed by atoms with Gasteiger partial charge in [-0.1, -0.05) is 54.4 Å². The van der Waals surface area contributed by atoms with Gasteiger partial charge in [0, 0.05) is 11.4 Å². The molecule has 37 heavy (non-hydrogen) atoms. The third-order valence-electron chi connectivity index (χ3n) is 5.94. The highest BCUT2D eigenvalue weighted by atomic mass is 35.5. The molecule has 0 aliphatic heterocycles. The lowest BCUT2D eigenvalue weighted by Crippen LogP contribution is -2.17. The van der Waals surface area contributed by atoms with Gasteiger partial charge in [0.05, 0.1) is 23.4 Å². The van der Waals surface area contributed by atoms with Gasteiger partial charge in [-0.05, 0) is 43.4 Å². The van der Waals surface area contributed by atoms with Crippen LogP contribution in [0.15, 0.2) is 42.1 Å². The molecule has 0 saturated carbocycles. The number of allylic oxidation sites excluding steroid dienone is 1. The van der Waals surface area contributed by atoms with E-state index in [1.54, 1.807) is 18.2 Å². The summed E-state index contributed by atoms with van der Waals surface area (Å²) in [5.74, 6) is 0.608. The maximum absolute atomic E-state index is 12.9. The molecule has 4 rings (SSSR count). The third-order valence-corrected chi connectivity index (χ3v) is 8.43. The minimum absolute atomic E-state index is 0.101. The highest BCUT2D eigenvalue weighted by Crippen LogP contribution is 2.37. The Kier molecular flexibility index (Phi) is 9.65. The van der Waals surface area contributed by atoms with E-state index in [-0.39, 0.29) is 18.3 Å². The smallest absolute Gasteiger partial charge is 0.341 e. The molecule has 0 saturated heterocycles. The summed E-state index contributed by atoms with van der Waals surface area (Å²) in [5, 5.41) is 13.1. The van der Waals surface area contributed by atoms with Crippen molar-refractivity contribution in [2.45, 2.75) is 56.8 Å². The molecule has 1 aliphatic carbocycles.